The summed E-state index contributed by atoms with van der Waals surface area (Å²) >= 11 is 0. The molecule has 0 radical (unpaired) electrons. The van der Waals surface area contributed by atoms with Crippen molar-refractivity contribution in [2.45, 2.75) is 63.2 Å². The molecule has 36 heavy (non-hydrogen) atoms. The van der Waals surface area contributed by atoms with Gasteiger partial charge < -0.3 is 30.1 Å². The van der Waals surface area contributed by atoms with Crippen LogP contribution in [0.2, 0.25) is 0 Å². The van der Waals surface area contributed by atoms with Gasteiger partial charge in [0.1, 0.15) is 18.3 Å². The number of nitrogens with one attached hydrogen (secondary N) is 1. The largest absolute Gasteiger partial charge is 0.462 e. The summed E-state index contributed by atoms with van der Waals surface area (Å²) < 4.78 is 13.7. The number of fused-ring (bicyclic) bond motifs is 3. The van der Waals surface area contributed by atoms with Crippen LogP contribution in [0.5, 0.6) is 0 Å². The number of ether oxygens (including phenoxy) is 2. The Hall–Kier alpha value is -3.13. The molecule has 13 nitrogen and oxygen atoms in total. The Balaban J connectivity index is 1.41. The first-order valence-corrected chi connectivity index (χ1v) is 12.3. The van der Waals surface area contributed by atoms with E-state index in [2.05, 4.69) is 20.4 Å². The number of esters is 1. The zero-order valence-electron chi connectivity index (χ0n) is 19.8. The fourth-order valence-electron chi connectivity index (χ4n) is 5.75. The highest BCUT2D eigenvalue weighted by Gasteiger charge is 2.44. The summed E-state index contributed by atoms with van der Waals surface area (Å²) in [6.45, 7) is 1.53. The lowest BCUT2D eigenvalue weighted by Crippen LogP contribution is -2.33. The van der Waals surface area contributed by atoms with E-state index in [0.717, 1.165) is 12.3 Å². The molecule has 3 aromatic heterocycles. The van der Waals surface area contributed by atoms with Crippen molar-refractivity contribution in [3.05, 3.63) is 24.3 Å². The number of anilines is 1. The van der Waals surface area contributed by atoms with Crippen molar-refractivity contribution in [3.63, 3.8) is 0 Å². The first-order chi connectivity index (χ1) is 17.5. The minimum atomic E-state index is -1.29. The molecule has 4 heterocycles. The summed E-state index contributed by atoms with van der Waals surface area (Å²) in [5.74, 6) is 1.51. The monoisotopic (exact) mass is 499 g/mol. The van der Waals surface area contributed by atoms with Gasteiger partial charge in [-0.05, 0) is 38.0 Å². The molecule has 1 saturated heterocycles. The van der Waals surface area contributed by atoms with E-state index in [0.29, 0.717) is 22.9 Å². The van der Waals surface area contributed by atoms with Crippen LogP contribution in [0.3, 0.4) is 0 Å². The molecule has 3 aliphatic rings. The number of carbonyl (C=O) groups excluding carboxylic acids is 1. The number of rotatable bonds is 7. The van der Waals surface area contributed by atoms with E-state index in [1.54, 1.807) is 6.92 Å². The molecule has 192 valence electrons. The quantitative estimate of drug-likeness (QED) is 0.332. The van der Waals surface area contributed by atoms with E-state index in [9.17, 15) is 20.1 Å². The molecule has 7 atom stereocenters. The molecule has 2 saturated carbocycles. The van der Waals surface area contributed by atoms with Gasteiger partial charge in [0.2, 0.25) is 0 Å². The molecule has 3 aromatic rings. The first-order valence-electron chi connectivity index (χ1n) is 12.3. The Labute approximate surface area is 206 Å². The van der Waals surface area contributed by atoms with E-state index in [1.165, 1.54) is 47.2 Å². The topological polar surface area (TPSA) is 170 Å². The second-order valence-corrected chi connectivity index (χ2v) is 9.74. The number of aliphatic hydroxyl groups is 3. The Morgan fingerprint density at radius 2 is 2.11 bits per heavy atom. The molecule has 2 aliphatic carbocycles. The minimum Gasteiger partial charge on any atom is -0.462 e. The Kier molecular flexibility index (Phi) is 5.86. The predicted molar refractivity (Wildman–Crippen MR) is 124 cm³/mol. The number of imidazole rings is 1. The lowest BCUT2D eigenvalue weighted by Gasteiger charge is -2.23. The van der Waals surface area contributed by atoms with E-state index >= 15 is 0 Å². The molecule has 0 aromatic carbocycles. The van der Waals surface area contributed by atoms with Crippen LogP contribution in [-0.4, -0.2) is 88.2 Å². The van der Waals surface area contributed by atoms with Crippen LogP contribution < -0.4 is 5.32 Å². The lowest BCUT2D eigenvalue weighted by molar-refractivity contribution is -0.0511. The van der Waals surface area contributed by atoms with E-state index in [1.807, 2.05) is 0 Å². The van der Waals surface area contributed by atoms with Crippen LogP contribution in [-0.2, 0) is 9.47 Å². The molecule has 1 aliphatic heterocycles. The minimum absolute atomic E-state index is 0.192. The molecular weight excluding hydrogens is 470 g/mol. The van der Waals surface area contributed by atoms with Gasteiger partial charge in [0.05, 0.1) is 31.3 Å². The van der Waals surface area contributed by atoms with Gasteiger partial charge in [-0.2, -0.15) is 15.1 Å². The smallest absolute Gasteiger partial charge is 0.341 e. The van der Waals surface area contributed by atoms with E-state index in [-0.39, 0.29) is 24.2 Å². The zero-order valence-corrected chi connectivity index (χ0v) is 19.8. The van der Waals surface area contributed by atoms with Crippen molar-refractivity contribution in [1.82, 2.24) is 29.3 Å². The van der Waals surface area contributed by atoms with E-state index in [4.69, 9.17) is 14.5 Å². The van der Waals surface area contributed by atoms with Crippen molar-refractivity contribution >= 4 is 23.0 Å². The summed E-state index contributed by atoms with van der Waals surface area (Å²) in [5, 5.41) is 38.2. The number of aromatic nitrogens is 6. The standard InChI is InChI=1S/C23H29N7O6/c1-2-35-22(34)13-7-25-30(8-13)23-27-19(26-14-6-11-3-4-12(14)5-11)16-20(28-23)29(10-24-16)21-18(33)17(32)15(9-31)36-21/h7-8,10-12,14-15,17-18,21,31-33H,2-6,9H2,1H3,(H,26,27,28)/t11?,12?,14?,15-,17-,18-,21-/m1/s1. The Morgan fingerprint density at radius 3 is 2.81 bits per heavy atom. The highest BCUT2D eigenvalue weighted by Crippen LogP contribution is 2.46. The van der Waals surface area contributed by atoms with Gasteiger partial charge in [-0.1, -0.05) is 6.42 Å². The van der Waals surface area contributed by atoms with Crippen molar-refractivity contribution in [2.24, 2.45) is 11.8 Å². The maximum atomic E-state index is 12.2. The van der Waals surface area contributed by atoms with Gasteiger partial charge in [-0.3, -0.25) is 4.57 Å². The third-order valence-electron chi connectivity index (χ3n) is 7.56. The number of hydrogen-bond acceptors (Lipinski definition) is 11. The molecule has 6 rings (SSSR count). The SMILES string of the molecule is CCOC(=O)c1cnn(-c2nc(NC3CC4CCC3C4)c3ncn([C@@H]4O[C@H](CO)[C@@H](O)[C@H]4O)c3n2)c1. The molecule has 2 bridgehead atoms. The van der Waals surface area contributed by atoms with Crippen molar-refractivity contribution in [1.29, 1.82) is 0 Å². The third-order valence-corrected chi connectivity index (χ3v) is 7.56. The predicted octanol–water partition coefficient (Wildman–Crippen LogP) is 0.401. The second kappa shape index (κ2) is 9.07. The highest BCUT2D eigenvalue weighted by molar-refractivity contribution is 5.89. The molecule has 0 spiro atoms. The summed E-state index contributed by atoms with van der Waals surface area (Å²) in [6, 6.07) is 0.265. The lowest BCUT2D eigenvalue weighted by atomic mass is 9.95. The third kappa shape index (κ3) is 3.82. The van der Waals surface area contributed by atoms with Crippen molar-refractivity contribution < 1.29 is 29.6 Å². The van der Waals surface area contributed by atoms with Gasteiger partial charge in [0.15, 0.2) is 23.2 Å². The molecule has 0 amide bonds. The first kappa shape index (κ1) is 23.3. The fourth-order valence-corrected chi connectivity index (χ4v) is 5.75. The number of carbonyl (C=O) groups is 1. The second-order valence-electron chi connectivity index (χ2n) is 9.74. The van der Waals surface area contributed by atoms with E-state index < -0.39 is 37.1 Å². The Bertz CT molecular complexity index is 1280. The molecule has 3 unspecified atom stereocenters. The number of aliphatic hydroxyl groups excluding tert-OH is 3. The summed E-state index contributed by atoms with van der Waals surface area (Å²) in [4.78, 5) is 26.0. The van der Waals surface area contributed by atoms with Gasteiger partial charge in [-0.25, -0.2) is 14.5 Å². The molecule has 13 heteroatoms. The summed E-state index contributed by atoms with van der Waals surface area (Å²) in [5.41, 5.74) is 1.10. The van der Waals surface area contributed by atoms with Gasteiger partial charge in [-0.15, -0.1) is 0 Å². The van der Waals surface area contributed by atoms with Crippen LogP contribution in [0, 0.1) is 11.8 Å². The average Bonchev–Trinajstić information content (AvgIpc) is 3.69. The van der Waals surface area contributed by atoms with Crippen LogP contribution in [0.25, 0.3) is 17.1 Å². The van der Waals surface area contributed by atoms with Crippen LogP contribution in [0.4, 0.5) is 5.82 Å². The van der Waals surface area contributed by atoms with Gasteiger partial charge in [0, 0.05) is 12.2 Å². The maximum Gasteiger partial charge on any atom is 0.341 e. The van der Waals surface area contributed by atoms with Crippen LogP contribution in [0.1, 0.15) is 49.2 Å². The number of hydrogen-bond donors (Lipinski definition) is 4. The van der Waals surface area contributed by atoms with Crippen LogP contribution in [0.15, 0.2) is 18.7 Å². The average molecular weight is 500 g/mol. The summed E-state index contributed by atoms with van der Waals surface area (Å²) in [7, 11) is 0. The molecule has 3 fully saturated rings. The van der Waals surface area contributed by atoms with Crippen molar-refractivity contribution in [3.8, 4) is 5.95 Å². The normalized spacial score (nSPS) is 31.4. The summed E-state index contributed by atoms with van der Waals surface area (Å²) in [6.07, 6.45) is 4.58. The molecule has 4 N–H and O–H groups in total. The van der Waals surface area contributed by atoms with Crippen molar-refractivity contribution in [2.75, 3.05) is 18.5 Å². The van der Waals surface area contributed by atoms with Gasteiger partial charge in [0.25, 0.3) is 5.95 Å². The Morgan fingerprint density at radius 1 is 1.25 bits per heavy atom. The number of nitrogens with zero attached hydrogens (tertiary/aromatic N) is 6. The van der Waals surface area contributed by atoms with Gasteiger partial charge >= 0.3 is 5.97 Å². The highest BCUT2D eigenvalue weighted by atomic mass is 16.6. The zero-order chi connectivity index (χ0) is 25.0. The maximum absolute atomic E-state index is 12.2. The fraction of sp³-hybridized carbons (Fsp3) is 0.609. The molecular formula is C23H29N7O6. The van der Waals surface area contributed by atoms with Crippen LogP contribution >= 0.6 is 0 Å².